The molecule has 4 rings (SSSR count). The highest BCUT2D eigenvalue weighted by Gasteiger charge is 2.33. The van der Waals surface area contributed by atoms with Gasteiger partial charge in [-0.15, -0.1) is 0 Å². The summed E-state index contributed by atoms with van der Waals surface area (Å²) in [5.74, 6) is 0.629. The Morgan fingerprint density at radius 2 is 1.94 bits per heavy atom. The first-order valence-electron chi connectivity index (χ1n) is 10.8. The summed E-state index contributed by atoms with van der Waals surface area (Å²) < 4.78 is 31.6. The number of amides is 2. The van der Waals surface area contributed by atoms with E-state index in [9.17, 15) is 23.3 Å². The number of carbonyl (C=O) groups is 2. The third kappa shape index (κ3) is 5.78. The number of anilines is 1. The maximum Gasteiger partial charge on any atom is 0.414 e. The molecule has 2 aromatic carbocycles. The van der Waals surface area contributed by atoms with E-state index >= 15 is 0 Å². The van der Waals surface area contributed by atoms with Gasteiger partial charge < -0.3 is 15.2 Å². The molecule has 9 heteroatoms. The summed E-state index contributed by atoms with van der Waals surface area (Å²) in [5, 5.41) is 12.0. The summed E-state index contributed by atoms with van der Waals surface area (Å²) in [7, 11) is -0.809. The van der Waals surface area contributed by atoms with Gasteiger partial charge in [0.1, 0.15) is 17.7 Å². The fourth-order valence-corrected chi connectivity index (χ4v) is 5.29. The van der Waals surface area contributed by atoms with Gasteiger partial charge in [-0.25, -0.2) is 9.18 Å². The standard InChI is InChI=1S/C24H25FN2O5S/c25-22-13-18(4-7-21(22)17-9-11-33(31)12-10-17)27-15-20(32-24(27)30)14-26-23(29)8-3-16-1-5-19(28)6-2-16/h1-8,13,17,20,28H,9-12,14-15H2,(H,26,29)/b8-3+/t17?,20-,33?/m0/s1. The van der Waals surface area contributed by atoms with Crippen LogP contribution in [0.2, 0.25) is 0 Å². The Bertz CT molecular complexity index is 1080. The Hall–Kier alpha value is -3.20. The minimum absolute atomic E-state index is 0.0415. The predicted octanol–water partition coefficient (Wildman–Crippen LogP) is 3.31. The number of phenolic OH excluding ortho intramolecular Hbond substituents is 1. The zero-order chi connectivity index (χ0) is 23.4. The van der Waals surface area contributed by atoms with E-state index in [1.165, 1.54) is 29.2 Å². The molecule has 0 aromatic heterocycles. The minimum Gasteiger partial charge on any atom is -0.508 e. The van der Waals surface area contributed by atoms with Crippen molar-refractivity contribution in [2.24, 2.45) is 0 Å². The smallest absolute Gasteiger partial charge is 0.414 e. The molecule has 0 radical (unpaired) electrons. The molecular weight excluding hydrogens is 447 g/mol. The molecule has 2 aliphatic heterocycles. The quantitative estimate of drug-likeness (QED) is 0.629. The van der Waals surface area contributed by atoms with Gasteiger partial charge in [0.15, 0.2) is 0 Å². The van der Waals surface area contributed by atoms with Crippen LogP contribution in [0.15, 0.2) is 48.5 Å². The highest BCUT2D eigenvalue weighted by molar-refractivity contribution is 7.85. The van der Waals surface area contributed by atoms with Crippen molar-refractivity contribution < 1.29 is 28.0 Å². The van der Waals surface area contributed by atoms with Gasteiger partial charge in [-0.3, -0.25) is 13.9 Å². The molecule has 1 atom stereocenters. The zero-order valence-electron chi connectivity index (χ0n) is 17.9. The molecule has 0 aliphatic carbocycles. The number of aromatic hydroxyl groups is 1. The van der Waals surface area contributed by atoms with Gasteiger partial charge >= 0.3 is 6.09 Å². The second-order valence-corrected chi connectivity index (χ2v) is 9.81. The van der Waals surface area contributed by atoms with Gasteiger partial charge in [0, 0.05) is 28.4 Å². The Morgan fingerprint density at radius 3 is 2.64 bits per heavy atom. The highest BCUT2D eigenvalue weighted by atomic mass is 32.2. The zero-order valence-corrected chi connectivity index (χ0v) is 18.7. The van der Waals surface area contributed by atoms with Crippen LogP contribution in [0.4, 0.5) is 14.9 Å². The summed E-state index contributed by atoms with van der Waals surface area (Å²) in [5.41, 5.74) is 1.75. The highest BCUT2D eigenvalue weighted by Crippen LogP contribution is 2.32. The summed E-state index contributed by atoms with van der Waals surface area (Å²) in [6, 6.07) is 11.1. The van der Waals surface area contributed by atoms with Crippen LogP contribution in [0.5, 0.6) is 5.75 Å². The lowest BCUT2D eigenvalue weighted by Crippen LogP contribution is -2.33. The molecule has 2 fully saturated rings. The maximum atomic E-state index is 14.8. The Labute approximate surface area is 193 Å². The fraction of sp³-hybridized carbons (Fsp3) is 0.333. The van der Waals surface area contributed by atoms with E-state index in [1.54, 1.807) is 30.3 Å². The van der Waals surface area contributed by atoms with Crippen molar-refractivity contribution in [1.29, 1.82) is 0 Å². The maximum absolute atomic E-state index is 14.8. The molecule has 0 saturated carbocycles. The number of carbonyl (C=O) groups excluding carboxylic acids is 2. The molecule has 0 bridgehead atoms. The van der Waals surface area contributed by atoms with Crippen molar-refractivity contribution in [2.45, 2.75) is 24.9 Å². The lowest BCUT2D eigenvalue weighted by atomic mass is 9.93. The topological polar surface area (TPSA) is 95.9 Å². The molecule has 2 aliphatic rings. The third-order valence-corrected chi connectivity index (χ3v) is 7.20. The molecule has 2 saturated heterocycles. The van der Waals surface area contributed by atoms with Crippen LogP contribution >= 0.6 is 0 Å². The minimum atomic E-state index is -0.809. The Kier molecular flexibility index (Phi) is 7.08. The average Bonchev–Trinajstić information content (AvgIpc) is 3.18. The van der Waals surface area contributed by atoms with Crippen LogP contribution in [0.3, 0.4) is 0 Å². The second kappa shape index (κ2) is 10.2. The molecule has 174 valence electrons. The van der Waals surface area contributed by atoms with Crippen LogP contribution in [0.1, 0.15) is 29.9 Å². The number of cyclic esters (lactones) is 1. The van der Waals surface area contributed by atoms with E-state index in [0.29, 0.717) is 35.6 Å². The van der Waals surface area contributed by atoms with Crippen molar-refractivity contribution in [3.63, 3.8) is 0 Å². The van der Waals surface area contributed by atoms with Gasteiger partial charge in [-0.1, -0.05) is 18.2 Å². The van der Waals surface area contributed by atoms with Crippen LogP contribution < -0.4 is 10.2 Å². The first kappa shape index (κ1) is 23.0. The number of halogens is 1. The van der Waals surface area contributed by atoms with Crippen molar-refractivity contribution in [3.05, 3.63) is 65.5 Å². The average molecular weight is 473 g/mol. The Balaban J connectivity index is 1.31. The van der Waals surface area contributed by atoms with Gasteiger partial charge in [0.2, 0.25) is 5.91 Å². The summed E-state index contributed by atoms with van der Waals surface area (Å²) in [4.78, 5) is 25.7. The number of hydrogen-bond donors (Lipinski definition) is 2. The predicted molar refractivity (Wildman–Crippen MR) is 124 cm³/mol. The monoisotopic (exact) mass is 472 g/mol. The van der Waals surface area contributed by atoms with Crippen LogP contribution in [0, 0.1) is 5.82 Å². The number of ether oxygens (including phenoxy) is 1. The lowest BCUT2D eigenvalue weighted by Gasteiger charge is -2.23. The van der Waals surface area contributed by atoms with Crippen LogP contribution in [-0.2, 0) is 20.3 Å². The molecule has 33 heavy (non-hydrogen) atoms. The molecule has 2 amide bonds. The van der Waals surface area contributed by atoms with E-state index < -0.39 is 23.0 Å². The van der Waals surface area contributed by atoms with Crippen molar-refractivity contribution in [2.75, 3.05) is 29.5 Å². The number of rotatable bonds is 6. The van der Waals surface area contributed by atoms with E-state index in [2.05, 4.69) is 5.32 Å². The third-order valence-electron chi connectivity index (χ3n) is 5.82. The fourth-order valence-electron chi connectivity index (χ4n) is 3.99. The molecular formula is C24H25FN2O5S. The van der Waals surface area contributed by atoms with Crippen molar-refractivity contribution in [3.8, 4) is 5.75 Å². The van der Waals surface area contributed by atoms with Crippen molar-refractivity contribution >= 4 is 34.6 Å². The molecule has 2 heterocycles. The normalized spacial score (nSPS) is 23.0. The number of nitrogens with zero attached hydrogens (tertiary/aromatic N) is 1. The van der Waals surface area contributed by atoms with Crippen molar-refractivity contribution in [1.82, 2.24) is 5.32 Å². The van der Waals surface area contributed by atoms with Gasteiger partial charge in [-0.05, 0) is 60.2 Å². The van der Waals surface area contributed by atoms with E-state index in [0.717, 1.165) is 5.56 Å². The van der Waals surface area contributed by atoms with Crippen LogP contribution in [0.25, 0.3) is 6.08 Å². The van der Waals surface area contributed by atoms with Crippen LogP contribution in [-0.4, -0.2) is 52.0 Å². The second-order valence-electron chi connectivity index (χ2n) is 8.11. The number of nitrogens with one attached hydrogen (secondary N) is 1. The van der Waals surface area contributed by atoms with Gasteiger partial charge in [0.25, 0.3) is 0 Å². The van der Waals surface area contributed by atoms with Gasteiger partial charge in [0.05, 0.1) is 18.8 Å². The SMILES string of the molecule is O=C(/C=C/c1ccc(O)cc1)NC[C@H]1CN(c2ccc(C3CCS(=O)CC3)c(F)c2)C(=O)O1. The first-order chi connectivity index (χ1) is 15.9. The largest absolute Gasteiger partial charge is 0.508 e. The van der Waals surface area contributed by atoms with E-state index in [-0.39, 0.29) is 36.5 Å². The molecule has 2 N–H and O–H groups in total. The lowest BCUT2D eigenvalue weighted by molar-refractivity contribution is -0.116. The van der Waals surface area contributed by atoms with E-state index in [1.807, 2.05) is 0 Å². The summed E-state index contributed by atoms with van der Waals surface area (Å²) >= 11 is 0. The van der Waals surface area contributed by atoms with E-state index in [4.69, 9.17) is 4.74 Å². The molecule has 2 aromatic rings. The first-order valence-corrected chi connectivity index (χ1v) is 12.3. The molecule has 0 unspecified atom stereocenters. The molecule has 7 nitrogen and oxygen atoms in total. The summed E-state index contributed by atoms with van der Waals surface area (Å²) in [6.45, 7) is 0.322. The number of benzene rings is 2. The number of phenols is 1. The van der Waals surface area contributed by atoms with Gasteiger partial charge in [-0.2, -0.15) is 0 Å². The number of hydrogen-bond acceptors (Lipinski definition) is 5. The Morgan fingerprint density at radius 1 is 1.21 bits per heavy atom. The molecule has 0 spiro atoms. The summed E-state index contributed by atoms with van der Waals surface area (Å²) in [6.07, 6.45) is 3.20.